The van der Waals surface area contributed by atoms with Gasteiger partial charge in [0.05, 0.1) is 25.4 Å². The van der Waals surface area contributed by atoms with Gasteiger partial charge >= 0.3 is 25.7 Å². The van der Waals surface area contributed by atoms with Gasteiger partial charge in [-0.05, 0) is 70.6 Å². The molecule has 13 heteroatoms. The molecule has 1 heterocycles. The van der Waals surface area contributed by atoms with E-state index in [1.807, 2.05) is 12.2 Å². The molecule has 59 heavy (non-hydrogen) atoms. The average Bonchev–Trinajstić information content (AvgIpc) is 3.97. The lowest BCUT2D eigenvalue weighted by atomic mass is 10.1. The van der Waals surface area contributed by atoms with E-state index in [0.717, 1.165) is 51.4 Å². The molecule has 1 aliphatic heterocycles. The normalized spacial score (nSPS) is 17.6. The van der Waals surface area contributed by atoms with Gasteiger partial charge in [-0.1, -0.05) is 146 Å². The number of carbonyl (C=O) groups excluding carboxylic acids is 2. The first kappa shape index (κ1) is 54.4. The number of ether oxygens (including phenoxy) is 3. The number of nitrogens with two attached hydrogens (primary N) is 1. The van der Waals surface area contributed by atoms with E-state index in [9.17, 15) is 23.8 Å². The summed E-state index contributed by atoms with van der Waals surface area (Å²) in [4.78, 5) is 46.0. The van der Waals surface area contributed by atoms with E-state index in [-0.39, 0.29) is 19.4 Å². The van der Waals surface area contributed by atoms with Crippen molar-refractivity contribution in [2.24, 2.45) is 5.73 Å². The number of allylic oxidation sites excluding steroid dienone is 7. The molecule has 0 amide bonds. The SMILES string of the molecule is CCCCCCCC/C=C\CCCCCCCCCC(=O)O[C@H](COC(=O)CCC/C=C\C/C=C\C/C=C\CC1OC1CCCCC)COP(=O)(O)OC[C@H](N)C(=O)O. The van der Waals surface area contributed by atoms with Gasteiger partial charge in [0.15, 0.2) is 6.10 Å². The highest BCUT2D eigenvalue weighted by molar-refractivity contribution is 7.47. The maximum atomic E-state index is 12.6. The molecule has 0 saturated carbocycles. The summed E-state index contributed by atoms with van der Waals surface area (Å²) in [7, 11) is -4.73. The smallest absolute Gasteiger partial charge is 0.472 e. The predicted octanol–water partition coefficient (Wildman–Crippen LogP) is 11.2. The Bertz CT molecular complexity index is 1250. The van der Waals surface area contributed by atoms with Gasteiger partial charge in [-0.25, -0.2) is 4.57 Å². The van der Waals surface area contributed by atoms with Gasteiger partial charge in [0.2, 0.25) is 0 Å². The number of hydrogen-bond acceptors (Lipinski definition) is 10. The Balaban J connectivity index is 2.30. The molecule has 0 bridgehead atoms. The van der Waals surface area contributed by atoms with E-state index in [4.69, 9.17) is 29.6 Å². The van der Waals surface area contributed by atoms with Crippen molar-refractivity contribution in [3.05, 3.63) is 48.6 Å². The lowest BCUT2D eigenvalue weighted by Gasteiger charge is -2.20. The van der Waals surface area contributed by atoms with Crippen LogP contribution in [0.15, 0.2) is 48.6 Å². The zero-order chi connectivity index (χ0) is 43.2. The van der Waals surface area contributed by atoms with E-state index < -0.39 is 51.1 Å². The van der Waals surface area contributed by atoms with Gasteiger partial charge in [0, 0.05) is 12.8 Å². The summed E-state index contributed by atoms with van der Waals surface area (Å²) in [5.41, 5.74) is 5.33. The van der Waals surface area contributed by atoms with Crippen molar-refractivity contribution >= 4 is 25.7 Å². The van der Waals surface area contributed by atoms with E-state index in [2.05, 4.69) is 54.8 Å². The van der Waals surface area contributed by atoms with Crippen LogP contribution < -0.4 is 5.73 Å². The van der Waals surface area contributed by atoms with Gasteiger partial charge < -0.3 is 29.9 Å². The van der Waals surface area contributed by atoms with Crippen LogP contribution in [0.3, 0.4) is 0 Å². The van der Waals surface area contributed by atoms with Crippen LogP contribution in [0.25, 0.3) is 0 Å². The highest BCUT2D eigenvalue weighted by Gasteiger charge is 2.36. The van der Waals surface area contributed by atoms with Crippen LogP contribution in [-0.4, -0.2) is 72.1 Å². The zero-order valence-electron chi connectivity index (χ0n) is 36.5. The fourth-order valence-corrected chi connectivity index (χ4v) is 7.04. The number of hydrogen-bond donors (Lipinski definition) is 3. The lowest BCUT2D eigenvalue weighted by molar-refractivity contribution is -0.161. The maximum Gasteiger partial charge on any atom is 0.472 e. The topological polar surface area (TPSA) is 184 Å². The number of phosphoric acid groups is 1. The molecule has 3 unspecified atom stereocenters. The summed E-state index contributed by atoms with van der Waals surface area (Å²) >= 11 is 0. The fourth-order valence-electron chi connectivity index (χ4n) is 6.26. The second-order valence-electron chi connectivity index (χ2n) is 15.6. The van der Waals surface area contributed by atoms with E-state index >= 15 is 0 Å². The molecule has 340 valence electrons. The fraction of sp³-hybridized carbons (Fsp3) is 0.761. The van der Waals surface area contributed by atoms with Crippen molar-refractivity contribution in [3.8, 4) is 0 Å². The highest BCUT2D eigenvalue weighted by Crippen LogP contribution is 2.43. The minimum Gasteiger partial charge on any atom is -0.480 e. The number of epoxide rings is 1. The zero-order valence-corrected chi connectivity index (χ0v) is 37.4. The van der Waals surface area contributed by atoms with E-state index in [0.29, 0.717) is 31.5 Å². The molecule has 4 N–H and O–H groups in total. The predicted molar refractivity (Wildman–Crippen MR) is 235 cm³/mol. The molecule has 12 nitrogen and oxygen atoms in total. The molecule has 0 aliphatic carbocycles. The quantitative estimate of drug-likeness (QED) is 0.0174. The third kappa shape index (κ3) is 34.8. The molecule has 1 rings (SSSR count). The minimum atomic E-state index is -4.73. The summed E-state index contributed by atoms with van der Waals surface area (Å²) < 4.78 is 38.4. The molecule has 5 atom stereocenters. The number of carboxylic acid groups (broad SMARTS) is 1. The molecule has 0 aromatic rings. The molecule has 1 saturated heterocycles. The summed E-state index contributed by atoms with van der Waals surface area (Å²) in [6.07, 6.45) is 43.5. The first-order valence-electron chi connectivity index (χ1n) is 22.8. The van der Waals surface area contributed by atoms with Gasteiger partial charge in [-0.3, -0.25) is 23.4 Å². The molecule has 0 aromatic heterocycles. The van der Waals surface area contributed by atoms with E-state index in [1.165, 1.54) is 83.5 Å². The minimum absolute atomic E-state index is 0.140. The Kier molecular flexibility index (Phi) is 34.3. The molecule has 1 aliphatic rings. The van der Waals surface area contributed by atoms with Gasteiger partial charge in [-0.15, -0.1) is 0 Å². The van der Waals surface area contributed by atoms with Crippen LogP contribution in [0.4, 0.5) is 0 Å². The third-order valence-electron chi connectivity index (χ3n) is 9.97. The number of rotatable bonds is 41. The standard InChI is InChI=1S/C46H80NO11P/c1-3-5-7-8-9-10-11-12-13-14-15-16-17-22-25-28-32-36-45(49)57-40(38-55-59(52,53)56-39-41(47)46(50)51)37-54-44(48)35-31-27-24-21-19-18-20-23-26-30-34-43-42(58-43)33-29-6-4-2/h12-13,18,20-21,24,26,30,40-43H,3-11,14-17,19,22-23,25,27-29,31-39,47H2,1-2H3,(H,50,51)(H,52,53)/b13-12-,20-18-,24-21-,30-26-/t40-,41+,42?,43?/m1/s1. The summed E-state index contributed by atoms with van der Waals surface area (Å²) in [6.45, 7) is 2.70. The lowest BCUT2D eigenvalue weighted by Crippen LogP contribution is -2.34. The Morgan fingerprint density at radius 1 is 0.627 bits per heavy atom. The summed E-state index contributed by atoms with van der Waals surface area (Å²) in [6, 6.07) is -1.53. The monoisotopic (exact) mass is 854 g/mol. The summed E-state index contributed by atoms with van der Waals surface area (Å²) in [5.74, 6) is -2.46. The van der Waals surface area contributed by atoms with Crippen molar-refractivity contribution in [3.63, 3.8) is 0 Å². The van der Waals surface area contributed by atoms with Crippen molar-refractivity contribution in [1.29, 1.82) is 0 Å². The Hall–Kier alpha value is -2.60. The Morgan fingerprint density at radius 3 is 1.78 bits per heavy atom. The second kappa shape index (κ2) is 37.2. The Labute approximate surface area is 356 Å². The molecule has 0 radical (unpaired) electrons. The average molecular weight is 854 g/mol. The first-order valence-corrected chi connectivity index (χ1v) is 24.3. The van der Waals surface area contributed by atoms with Crippen LogP contribution in [0.5, 0.6) is 0 Å². The number of carbonyl (C=O) groups is 3. The highest BCUT2D eigenvalue weighted by atomic mass is 31.2. The molecule has 0 spiro atoms. The molecular weight excluding hydrogens is 773 g/mol. The van der Waals surface area contributed by atoms with E-state index in [1.54, 1.807) is 0 Å². The summed E-state index contributed by atoms with van der Waals surface area (Å²) in [5, 5.41) is 8.90. The van der Waals surface area contributed by atoms with Crippen LogP contribution in [0.2, 0.25) is 0 Å². The molecule has 1 fully saturated rings. The number of esters is 2. The van der Waals surface area contributed by atoms with Crippen molar-refractivity contribution in [2.45, 2.75) is 205 Å². The largest absolute Gasteiger partial charge is 0.480 e. The van der Waals surface area contributed by atoms with Crippen LogP contribution in [-0.2, 0) is 42.2 Å². The first-order chi connectivity index (χ1) is 28.6. The second-order valence-corrected chi connectivity index (χ2v) is 17.0. The number of phosphoric ester groups is 1. The van der Waals surface area contributed by atoms with Gasteiger partial charge in [0.1, 0.15) is 12.6 Å². The molecular formula is C46H80NO11P. The van der Waals surface area contributed by atoms with Crippen molar-refractivity contribution in [1.82, 2.24) is 0 Å². The molecule has 0 aromatic carbocycles. The van der Waals surface area contributed by atoms with Crippen LogP contribution >= 0.6 is 7.82 Å². The van der Waals surface area contributed by atoms with Crippen molar-refractivity contribution in [2.75, 3.05) is 19.8 Å². The van der Waals surface area contributed by atoms with Crippen LogP contribution in [0, 0.1) is 0 Å². The number of aliphatic carboxylic acids is 1. The number of carboxylic acids is 1. The third-order valence-corrected chi connectivity index (χ3v) is 10.9. The van der Waals surface area contributed by atoms with Crippen LogP contribution in [0.1, 0.15) is 181 Å². The number of unbranched alkanes of at least 4 members (excludes halogenated alkanes) is 16. The van der Waals surface area contributed by atoms with Gasteiger partial charge in [-0.2, -0.15) is 0 Å². The Morgan fingerprint density at radius 2 is 1.14 bits per heavy atom. The van der Waals surface area contributed by atoms with Crippen molar-refractivity contribution < 1.29 is 52.2 Å². The maximum absolute atomic E-state index is 12.6. The van der Waals surface area contributed by atoms with Gasteiger partial charge in [0.25, 0.3) is 0 Å².